The highest BCUT2D eigenvalue weighted by Gasteiger charge is 2.16. The fraction of sp³-hybridized carbons (Fsp3) is 0.161. The maximum absolute atomic E-state index is 11.7. The van der Waals surface area contributed by atoms with Gasteiger partial charge in [-0.15, -0.1) is 0 Å². The average molecular weight is 502 g/mol. The van der Waals surface area contributed by atoms with Crippen LogP contribution in [0.4, 0.5) is 0 Å². The quantitative estimate of drug-likeness (QED) is 0.273. The van der Waals surface area contributed by atoms with Gasteiger partial charge in [0.15, 0.2) is 0 Å². The largest absolute Gasteiger partial charge is 0.478 e. The molecule has 0 atom stereocenters. The first kappa shape index (κ1) is 23.6. The summed E-state index contributed by atoms with van der Waals surface area (Å²) in [6, 6.07) is 21.4. The molecule has 7 heteroatoms. The number of imidazole rings is 2. The molecule has 0 aliphatic heterocycles. The third-order valence-corrected chi connectivity index (χ3v) is 6.89. The molecule has 6 aromatic rings. The van der Waals surface area contributed by atoms with Crippen LogP contribution in [0, 0.1) is 6.92 Å². The Morgan fingerprint density at radius 3 is 2.55 bits per heavy atom. The Balaban J connectivity index is 1.40. The number of benzene rings is 3. The Labute approximate surface area is 220 Å². The first-order valence-corrected chi connectivity index (χ1v) is 12.7. The van der Waals surface area contributed by atoms with E-state index in [2.05, 4.69) is 47.7 Å². The standard InChI is InChI=1S/C31H27N5O2/c1-3-7-28-34-29-20(2)16-23(26-19-35-15-6-14-32-31(35)33-26)17-27(29)36(28)18-21-10-12-22(13-11-21)24-8-4-5-9-25(24)30(37)38/h4-6,8-17,19H,3,7,18H2,1-2H3,(H,37,38). The zero-order valence-electron chi connectivity index (χ0n) is 21.3. The Hall–Kier alpha value is -4.78. The number of carboxylic acids is 1. The lowest BCUT2D eigenvalue weighted by atomic mass is 9.98. The Morgan fingerprint density at radius 1 is 0.974 bits per heavy atom. The van der Waals surface area contributed by atoms with E-state index >= 15 is 0 Å². The first-order valence-electron chi connectivity index (χ1n) is 12.7. The van der Waals surface area contributed by atoms with Gasteiger partial charge in [-0.05, 0) is 59.9 Å². The molecule has 0 bridgehead atoms. The summed E-state index contributed by atoms with van der Waals surface area (Å²) >= 11 is 0. The van der Waals surface area contributed by atoms with Gasteiger partial charge in [-0.2, -0.15) is 0 Å². The van der Waals surface area contributed by atoms with Gasteiger partial charge < -0.3 is 9.67 Å². The summed E-state index contributed by atoms with van der Waals surface area (Å²) in [5.74, 6) is 0.802. The molecule has 0 saturated heterocycles. The SMILES string of the molecule is CCCc1nc2c(C)cc(-c3cn4cccnc4n3)cc2n1Cc1ccc(-c2ccccc2C(=O)O)cc1. The molecule has 0 unspecified atom stereocenters. The number of hydrogen-bond acceptors (Lipinski definition) is 4. The van der Waals surface area contributed by atoms with Crippen LogP contribution in [-0.4, -0.2) is 35.0 Å². The topological polar surface area (TPSA) is 85.3 Å². The lowest BCUT2D eigenvalue weighted by molar-refractivity contribution is 0.0697. The molecule has 0 spiro atoms. The molecule has 7 nitrogen and oxygen atoms in total. The Bertz CT molecular complexity index is 1760. The first-order chi connectivity index (χ1) is 18.5. The van der Waals surface area contributed by atoms with Crippen LogP contribution >= 0.6 is 0 Å². The molecule has 38 heavy (non-hydrogen) atoms. The van der Waals surface area contributed by atoms with Gasteiger partial charge in [0.2, 0.25) is 5.78 Å². The number of hydrogen-bond donors (Lipinski definition) is 1. The van der Waals surface area contributed by atoms with E-state index in [4.69, 9.17) is 9.97 Å². The number of carboxylic acid groups (broad SMARTS) is 1. The van der Waals surface area contributed by atoms with Crippen LogP contribution in [0.3, 0.4) is 0 Å². The zero-order chi connectivity index (χ0) is 26.2. The summed E-state index contributed by atoms with van der Waals surface area (Å²) in [5.41, 5.74) is 8.13. The van der Waals surface area contributed by atoms with Crippen molar-refractivity contribution in [3.05, 3.63) is 108 Å². The second-order valence-corrected chi connectivity index (χ2v) is 9.53. The molecule has 1 N–H and O–H groups in total. The Morgan fingerprint density at radius 2 is 1.79 bits per heavy atom. The van der Waals surface area contributed by atoms with Crippen molar-refractivity contribution in [2.75, 3.05) is 0 Å². The van der Waals surface area contributed by atoms with E-state index in [9.17, 15) is 9.90 Å². The van der Waals surface area contributed by atoms with Crippen molar-refractivity contribution >= 4 is 22.8 Å². The lowest BCUT2D eigenvalue weighted by Crippen LogP contribution is -2.05. The number of aryl methyl sites for hydroxylation is 2. The zero-order valence-corrected chi connectivity index (χ0v) is 21.3. The normalized spacial score (nSPS) is 11.4. The molecule has 3 aromatic carbocycles. The van der Waals surface area contributed by atoms with Gasteiger partial charge in [-0.25, -0.2) is 19.7 Å². The lowest BCUT2D eigenvalue weighted by Gasteiger charge is -2.12. The van der Waals surface area contributed by atoms with E-state index in [1.54, 1.807) is 18.3 Å². The molecule has 0 aliphatic rings. The predicted molar refractivity (Wildman–Crippen MR) is 148 cm³/mol. The highest BCUT2D eigenvalue weighted by Crippen LogP contribution is 2.30. The summed E-state index contributed by atoms with van der Waals surface area (Å²) < 4.78 is 4.22. The van der Waals surface area contributed by atoms with Gasteiger partial charge in [0.25, 0.3) is 0 Å². The monoisotopic (exact) mass is 501 g/mol. The van der Waals surface area contributed by atoms with Crippen molar-refractivity contribution in [3.8, 4) is 22.4 Å². The minimum atomic E-state index is -0.925. The molecule has 0 amide bonds. The van der Waals surface area contributed by atoms with Crippen LogP contribution in [-0.2, 0) is 13.0 Å². The van der Waals surface area contributed by atoms with Crippen molar-refractivity contribution in [2.45, 2.75) is 33.2 Å². The summed E-state index contributed by atoms with van der Waals surface area (Å²) in [4.78, 5) is 25.8. The second-order valence-electron chi connectivity index (χ2n) is 9.53. The van der Waals surface area contributed by atoms with Crippen molar-refractivity contribution < 1.29 is 9.90 Å². The minimum absolute atomic E-state index is 0.302. The molecule has 0 radical (unpaired) electrons. The van der Waals surface area contributed by atoms with Crippen LogP contribution in [0.2, 0.25) is 0 Å². The van der Waals surface area contributed by atoms with Crippen LogP contribution in [0.1, 0.15) is 40.7 Å². The average Bonchev–Trinajstić information content (AvgIpc) is 3.51. The molecular weight excluding hydrogens is 474 g/mol. The van der Waals surface area contributed by atoms with Gasteiger partial charge in [-0.1, -0.05) is 49.4 Å². The maximum atomic E-state index is 11.7. The molecule has 0 saturated carbocycles. The molecular formula is C31H27N5O2. The summed E-state index contributed by atoms with van der Waals surface area (Å²) in [6.07, 6.45) is 7.58. The third kappa shape index (κ3) is 4.22. The van der Waals surface area contributed by atoms with Crippen LogP contribution in [0.5, 0.6) is 0 Å². The van der Waals surface area contributed by atoms with Gasteiger partial charge >= 0.3 is 5.97 Å². The number of rotatable bonds is 7. The van der Waals surface area contributed by atoms with E-state index in [0.717, 1.165) is 57.6 Å². The van der Waals surface area contributed by atoms with Crippen LogP contribution < -0.4 is 0 Å². The second kappa shape index (κ2) is 9.59. The molecule has 0 fully saturated rings. The summed E-state index contributed by atoms with van der Waals surface area (Å²) in [7, 11) is 0. The number of nitrogens with zero attached hydrogens (tertiary/aromatic N) is 5. The highest BCUT2D eigenvalue weighted by molar-refractivity contribution is 5.96. The smallest absolute Gasteiger partial charge is 0.336 e. The van der Waals surface area contributed by atoms with Crippen molar-refractivity contribution in [2.24, 2.45) is 0 Å². The fourth-order valence-electron chi connectivity index (χ4n) is 5.04. The van der Waals surface area contributed by atoms with E-state index in [0.29, 0.717) is 23.4 Å². The highest BCUT2D eigenvalue weighted by atomic mass is 16.4. The Kier molecular flexibility index (Phi) is 5.96. The fourth-order valence-corrected chi connectivity index (χ4v) is 5.04. The van der Waals surface area contributed by atoms with Crippen LogP contribution in [0.15, 0.2) is 85.3 Å². The molecule has 6 rings (SSSR count). The van der Waals surface area contributed by atoms with Crippen molar-refractivity contribution in [1.82, 2.24) is 23.9 Å². The summed E-state index contributed by atoms with van der Waals surface area (Å²) in [5, 5.41) is 9.58. The molecule has 188 valence electrons. The molecule has 3 heterocycles. The van der Waals surface area contributed by atoms with Gasteiger partial charge in [-0.3, -0.25) is 4.40 Å². The van der Waals surface area contributed by atoms with E-state index in [1.807, 2.05) is 47.1 Å². The van der Waals surface area contributed by atoms with Gasteiger partial charge in [0.1, 0.15) is 5.82 Å². The molecule has 0 aliphatic carbocycles. The number of aromatic carboxylic acids is 1. The van der Waals surface area contributed by atoms with E-state index in [-0.39, 0.29) is 0 Å². The number of aromatic nitrogens is 5. The van der Waals surface area contributed by atoms with Crippen molar-refractivity contribution in [3.63, 3.8) is 0 Å². The van der Waals surface area contributed by atoms with Crippen LogP contribution in [0.25, 0.3) is 39.2 Å². The third-order valence-electron chi connectivity index (χ3n) is 6.89. The number of fused-ring (bicyclic) bond motifs is 2. The summed E-state index contributed by atoms with van der Waals surface area (Å²) in [6.45, 7) is 4.93. The van der Waals surface area contributed by atoms with Gasteiger partial charge in [0.05, 0.1) is 22.3 Å². The number of carbonyl (C=O) groups is 1. The van der Waals surface area contributed by atoms with Crippen molar-refractivity contribution in [1.29, 1.82) is 0 Å². The predicted octanol–water partition coefficient (Wildman–Crippen LogP) is 6.42. The van der Waals surface area contributed by atoms with E-state index < -0.39 is 5.97 Å². The molecule has 3 aromatic heterocycles. The van der Waals surface area contributed by atoms with E-state index in [1.165, 1.54) is 0 Å². The maximum Gasteiger partial charge on any atom is 0.336 e. The van der Waals surface area contributed by atoms with Gasteiger partial charge in [0, 0.05) is 37.1 Å². The minimum Gasteiger partial charge on any atom is -0.478 e.